The zero-order valence-corrected chi connectivity index (χ0v) is 14.4. The molecule has 0 saturated carbocycles. The lowest BCUT2D eigenvalue weighted by atomic mass is 9.79. The Hall–Kier alpha value is -1.87. The van der Waals surface area contributed by atoms with Gasteiger partial charge in [-0.2, -0.15) is 0 Å². The molecule has 128 valence electrons. The van der Waals surface area contributed by atoms with Crippen molar-refractivity contribution in [3.63, 3.8) is 0 Å². The molecular formula is C21H27NO2. The van der Waals surface area contributed by atoms with Gasteiger partial charge in [-0.15, -0.1) is 0 Å². The van der Waals surface area contributed by atoms with Gasteiger partial charge in [0.1, 0.15) is 0 Å². The van der Waals surface area contributed by atoms with Crippen molar-refractivity contribution in [3.8, 4) is 0 Å². The average molecular weight is 325 g/mol. The van der Waals surface area contributed by atoms with Crippen molar-refractivity contribution in [1.29, 1.82) is 0 Å². The third-order valence-corrected chi connectivity index (χ3v) is 5.24. The van der Waals surface area contributed by atoms with E-state index < -0.39 is 0 Å². The van der Waals surface area contributed by atoms with Crippen LogP contribution in [0, 0.1) is 11.8 Å². The standard InChI is InChI=1S/C21H27NO2/c1-2-8-18-15-20-11-6-7-13-22(20)16-19(18)12-14-24-21(23)17-9-4-3-5-10-17/h2-5,8-10,12,14,18-20H,6-7,11,13,15-16H2,1H3/b8-2+,14-12+/t18-,19-,20-/m1/s1. The molecule has 0 unspecified atom stereocenters. The van der Waals surface area contributed by atoms with Crippen molar-refractivity contribution >= 4 is 5.97 Å². The number of carbonyl (C=O) groups excluding carboxylic acids is 1. The fourth-order valence-corrected chi connectivity index (χ4v) is 3.98. The number of benzene rings is 1. The van der Waals surface area contributed by atoms with Crippen LogP contribution in [0.5, 0.6) is 0 Å². The van der Waals surface area contributed by atoms with Gasteiger partial charge in [-0.3, -0.25) is 4.90 Å². The minimum absolute atomic E-state index is 0.291. The van der Waals surface area contributed by atoms with Crippen molar-refractivity contribution in [2.75, 3.05) is 13.1 Å². The molecule has 2 heterocycles. The SMILES string of the molecule is C/C=C/[C@@H]1C[C@H]2CCCCN2C[C@H]1/C=C/OC(=O)c1ccccc1. The fraction of sp³-hybridized carbons (Fsp3) is 0.476. The molecule has 0 aliphatic carbocycles. The number of allylic oxidation sites excluding steroid dienone is 2. The highest BCUT2D eigenvalue weighted by Crippen LogP contribution is 2.34. The summed E-state index contributed by atoms with van der Waals surface area (Å²) in [7, 11) is 0. The molecule has 0 amide bonds. The van der Waals surface area contributed by atoms with E-state index in [4.69, 9.17) is 4.74 Å². The lowest BCUT2D eigenvalue weighted by molar-refractivity contribution is 0.0613. The fourth-order valence-electron chi connectivity index (χ4n) is 3.98. The van der Waals surface area contributed by atoms with E-state index >= 15 is 0 Å². The summed E-state index contributed by atoms with van der Waals surface area (Å²) in [5, 5.41) is 0. The molecule has 24 heavy (non-hydrogen) atoms. The summed E-state index contributed by atoms with van der Waals surface area (Å²) in [6.07, 6.45) is 13.4. The third-order valence-electron chi connectivity index (χ3n) is 5.24. The first-order valence-electron chi connectivity index (χ1n) is 9.07. The summed E-state index contributed by atoms with van der Waals surface area (Å²) in [6.45, 7) is 4.36. The zero-order chi connectivity index (χ0) is 16.8. The van der Waals surface area contributed by atoms with Gasteiger partial charge in [0.15, 0.2) is 0 Å². The Morgan fingerprint density at radius 1 is 1.17 bits per heavy atom. The van der Waals surface area contributed by atoms with Crippen molar-refractivity contribution in [2.45, 2.75) is 38.6 Å². The Labute approximate surface area is 145 Å². The number of hydrogen-bond donors (Lipinski definition) is 0. The summed E-state index contributed by atoms with van der Waals surface area (Å²) in [6, 6.07) is 9.87. The van der Waals surface area contributed by atoms with Crippen molar-refractivity contribution in [2.24, 2.45) is 11.8 Å². The van der Waals surface area contributed by atoms with Gasteiger partial charge >= 0.3 is 5.97 Å². The first-order chi connectivity index (χ1) is 11.8. The number of nitrogens with zero attached hydrogens (tertiary/aromatic N) is 1. The van der Waals surface area contributed by atoms with Gasteiger partial charge in [-0.25, -0.2) is 4.79 Å². The van der Waals surface area contributed by atoms with E-state index in [0.29, 0.717) is 17.4 Å². The average Bonchev–Trinajstić information content (AvgIpc) is 2.63. The second-order valence-corrected chi connectivity index (χ2v) is 6.83. The minimum atomic E-state index is -0.291. The molecule has 0 aromatic heterocycles. The van der Waals surface area contributed by atoms with E-state index in [2.05, 4.69) is 30.1 Å². The van der Waals surface area contributed by atoms with E-state index in [-0.39, 0.29) is 5.97 Å². The molecule has 2 fully saturated rings. The van der Waals surface area contributed by atoms with Gasteiger partial charge in [-0.1, -0.05) is 36.8 Å². The largest absolute Gasteiger partial charge is 0.431 e. The van der Waals surface area contributed by atoms with Gasteiger partial charge in [0.25, 0.3) is 0 Å². The van der Waals surface area contributed by atoms with Crippen molar-refractivity contribution in [3.05, 3.63) is 60.4 Å². The number of ether oxygens (including phenoxy) is 1. The summed E-state index contributed by atoms with van der Waals surface area (Å²) in [4.78, 5) is 14.6. The van der Waals surface area contributed by atoms with E-state index in [1.54, 1.807) is 18.4 Å². The van der Waals surface area contributed by atoms with Crippen LogP contribution in [0.1, 0.15) is 43.0 Å². The summed E-state index contributed by atoms with van der Waals surface area (Å²) in [5.74, 6) is 0.668. The van der Waals surface area contributed by atoms with Crippen LogP contribution in [0.15, 0.2) is 54.8 Å². The predicted molar refractivity (Wildman–Crippen MR) is 96.6 cm³/mol. The monoisotopic (exact) mass is 325 g/mol. The number of fused-ring (bicyclic) bond motifs is 1. The van der Waals surface area contributed by atoms with E-state index in [0.717, 1.165) is 12.6 Å². The van der Waals surface area contributed by atoms with E-state index in [9.17, 15) is 4.79 Å². The molecule has 1 aromatic rings. The van der Waals surface area contributed by atoms with Gasteiger partial charge in [-0.05, 0) is 62.8 Å². The molecule has 0 bridgehead atoms. The highest BCUT2D eigenvalue weighted by Gasteiger charge is 2.34. The lowest BCUT2D eigenvalue weighted by Crippen LogP contribution is -2.48. The van der Waals surface area contributed by atoms with Crippen LogP contribution >= 0.6 is 0 Å². The molecule has 0 radical (unpaired) electrons. The Kier molecular flexibility index (Phi) is 5.86. The van der Waals surface area contributed by atoms with Crippen LogP contribution < -0.4 is 0 Å². The quantitative estimate of drug-likeness (QED) is 0.466. The molecule has 1 aromatic carbocycles. The third kappa shape index (κ3) is 4.15. The van der Waals surface area contributed by atoms with E-state index in [1.165, 1.54) is 32.2 Å². The topological polar surface area (TPSA) is 29.5 Å². The number of esters is 1. The van der Waals surface area contributed by atoms with Gasteiger partial charge < -0.3 is 4.74 Å². The van der Waals surface area contributed by atoms with Crippen LogP contribution in [-0.2, 0) is 4.74 Å². The Balaban J connectivity index is 1.62. The molecule has 3 rings (SSSR count). The Bertz CT molecular complexity index is 593. The van der Waals surface area contributed by atoms with Crippen LogP contribution in [0.25, 0.3) is 0 Å². The smallest absolute Gasteiger partial charge is 0.342 e. The van der Waals surface area contributed by atoms with E-state index in [1.807, 2.05) is 18.2 Å². The number of carbonyl (C=O) groups is 1. The first-order valence-corrected chi connectivity index (χ1v) is 9.07. The van der Waals surface area contributed by atoms with Gasteiger partial charge in [0.05, 0.1) is 11.8 Å². The molecule has 0 N–H and O–H groups in total. The maximum Gasteiger partial charge on any atom is 0.342 e. The number of hydrogen-bond acceptors (Lipinski definition) is 3. The molecule has 2 aliphatic heterocycles. The minimum Gasteiger partial charge on any atom is -0.431 e. The summed E-state index contributed by atoms with van der Waals surface area (Å²) >= 11 is 0. The molecule has 3 heteroatoms. The molecule has 3 nitrogen and oxygen atoms in total. The molecule has 2 aliphatic rings. The molecule has 3 atom stereocenters. The van der Waals surface area contributed by atoms with Crippen LogP contribution in [0.2, 0.25) is 0 Å². The number of rotatable bonds is 4. The van der Waals surface area contributed by atoms with Crippen LogP contribution in [0.3, 0.4) is 0 Å². The Morgan fingerprint density at radius 3 is 2.79 bits per heavy atom. The van der Waals surface area contributed by atoms with Crippen LogP contribution in [-0.4, -0.2) is 30.0 Å². The van der Waals surface area contributed by atoms with Crippen LogP contribution in [0.4, 0.5) is 0 Å². The zero-order valence-electron chi connectivity index (χ0n) is 14.4. The highest BCUT2D eigenvalue weighted by molar-refractivity contribution is 5.89. The lowest BCUT2D eigenvalue weighted by Gasteiger charge is -2.45. The van der Waals surface area contributed by atoms with Crippen molar-refractivity contribution < 1.29 is 9.53 Å². The van der Waals surface area contributed by atoms with Crippen molar-refractivity contribution in [1.82, 2.24) is 4.90 Å². The summed E-state index contributed by atoms with van der Waals surface area (Å²) < 4.78 is 5.33. The number of piperidine rings is 2. The van der Waals surface area contributed by atoms with Gasteiger partial charge in [0, 0.05) is 12.6 Å². The molecular weight excluding hydrogens is 298 g/mol. The summed E-state index contributed by atoms with van der Waals surface area (Å²) in [5.41, 5.74) is 0.590. The molecule has 2 saturated heterocycles. The normalized spacial score (nSPS) is 28.1. The predicted octanol–water partition coefficient (Wildman–Crippen LogP) is 4.42. The highest BCUT2D eigenvalue weighted by atomic mass is 16.5. The second kappa shape index (κ2) is 8.29. The second-order valence-electron chi connectivity index (χ2n) is 6.83. The first kappa shape index (κ1) is 17.0. The maximum absolute atomic E-state index is 12.0. The molecule has 0 spiro atoms. The Morgan fingerprint density at radius 2 is 2.00 bits per heavy atom. The maximum atomic E-state index is 12.0. The van der Waals surface area contributed by atoms with Gasteiger partial charge in [0.2, 0.25) is 0 Å².